The highest BCUT2D eigenvalue weighted by Gasteiger charge is 2.15. The van der Waals surface area contributed by atoms with Gasteiger partial charge in [0.2, 0.25) is 0 Å². The molecule has 188 valence electrons. The first-order chi connectivity index (χ1) is 19.8. The van der Waals surface area contributed by atoms with E-state index >= 15 is 0 Å². The molecule has 0 bridgehead atoms. The van der Waals surface area contributed by atoms with E-state index in [4.69, 9.17) is 4.98 Å². The first-order valence-electron chi connectivity index (χ1n) is 13.3. The third-order valence-electron chi connectivity index (χ3n) is 7.52. The van der Waals surface area contributed by atoms with Gasteiger partial charge in [0.05, 0.1) is 11.0 Å². The summed E-state index contributed by atoms with van der Waals surface area (Å²) in [6.07, 6.45) is 1.82. The molecule has 3 aromatic heterocycles. The Kier molecular flexibility index (Phi) is 5.32. The van der Waals surface area contributed by atoms with Crippen molar-refractivity contribution in [2.45, 2.75) is 0 Å². The Balaban J connectivity index is 1.31. The number of nitrogens with zero attached hydrogens (tertiary/aromatic N) is 3. The molecule has 3 heterocycles. The van der Waals surface area contributed by atoms with Gasteiger partial charge in [-0.2, -0.15) is 0 Å². The molecular weight excluding hydrogens is 506 g/mol. The number of fused-ring (bicyclic) bond motifs is 4. The molecule has 0 aliphatic rings. The number of thiazole rings is 1. The summed E-state index contributed by atoms with van der Waals surface area (Å²) in [6, 6.07) is 47.5. The molecule has 8 aromatic rings. The number of benzene rings is 5. The highest BCUT2D eigenvalue weighted by atomic mass is 32.1. The molecule has 3 nitrogen and oxygen atoms in total. The first kappa shape index (κ1) is 22.9. The average molecular weight is 530 g/mol. The van der Waals surface area contributed by atoms with E-state index in [-0.39, 0.29) is 0 Å². The SMILES string of the molecule is c1ccc(-c2ccc3c(c2)c2cc(-c4ccccc4)ccc2n3-c2ccc(-c3nc4cccnc4s3)cc2)cc1. The van der Waals surface area contributed by atoms with Crippen LogP contribution in [0.1, 0.15) is 0 Å². The highest BCUT2D eigenvalue weighted by molar-refractivity contribution is 7.21. The largest absolute Gasteiger partial charge is 0.309 e. The second-order valence-electron chi connectivity index (χ2n) is 9.92. The van der Waals surface area contributed by atoms with Gasteiger partial charge in [-0.3, -0.25) is 0 Å². The lowest BCUT2D eigenvalue weighted by Crippen LogP contribution is -1.94. The van der Waals surface area contributed by atoms with Gasteiger partial charge in [0, 0.05) is 28.2 Å². The molecule has 5 aromatic carbocycles. The van der Waals surface area contributed by atoms with E-state index in [1.807, 2.05) is 18.3 Å². The molecule has 40 heavy (non-hydrogen) atoms. The van der Waals surface area contributed by atoms with E-state index in [2.05, 4.69) is 131 Å². The summed E-state index contributed by atoms with van der Waals surface area (Å²) in [6.45, 7) is 0. The van der Waals surface area contributed by atoms with Crippen LogP contribution in [0.2, 0.25) is 0 Å². The lowest BCUT2D eigenvalue weighted by atomic mass is 10.0. The molecule has 0 fully saturated rings. The zero-order valence-corrected chi connectivity index (χ0v) is 22.3. The predicted molar refractivity (Wildman–Crippen MR) is 168 cm³/mol. The fourth-order valence-electron chi connectivity index (χ4n) is 5.57. The van der Waals surface area contributed by atoms with Crippen LogP contribution >= 0.6 is 11.3 Å². The average Bonchev–Trinajstić information content (AvgIpc) is 3.61. The van der Waals surface area contributed by atoms with Crippen LogP contribution in [0.5, 0.6) is 0 Å². The first-order valence-corrected chi connectivity index (χ1v) is 14.1. The van der Waals surface area contributed by atoms with Gasteiger partial charge in [-0.1, -0.05) is 84.1 Å². The molecule has 0 saturated heterocycles. The normalized spacial score (nSPS) is 11.5. The van der Waals surface area contributed by atoms with Crippen molar-refractivity contribution < 1.29 is 0 Å². The summed E-state index contributed by atoms with van der Waals surface area (Å²) < 4.78 is 2.37. The second kappa shape index (κ2) is 9.30. The number of hydrogen-bond donors (Lipinski definition) is 0. The van der Waals surface area contributed by atoms with Crippen molar-refractivity contribution in [2.75, 3.05) is 0 Å². The Morgan fingerprint density at radius 3 is 1.65 bits per heavy atom. The molecule has 0 spiro atoms. The number of aromatic nitrogens is 3. The van der Waals surface area contributed by atoms with E-state index < -0.39 is 0 Å². The third kappa shape index (κ3) is 3.81. The predicted octanol–water partition coefficient (Wildman–Crippen LogP) is 9.79. The monoisotopic (exact) mass is 529 g/mol. The van der Waals surface area contributed by atoms with Crippen LogP contribution in [-0.2, 0) is 0 Å². The summed E-state index contributed by atoms with van der Waals surface area (Å²) in [7, 11) is 0. The van der Waals surface area contributed by atoms with Crippen LogP contribution in [0.25, 0.3) is 70.7 Å². The van der Waals surface area contributed by atoms with E-state index in [0.29, 0.717) is 0 Å². The Morgan fingerprint density at radius 2 is 1.07 bits per heavy atom. The highest BCUT2D eigenvalue weighted by Crippen LogP contribution is 2.38. The van der Waals surface area contributed by atoms with Crippen LogP contribution in [0.15, 0.2) is 140 Å². The fourth-order valence-corrected chi connectivity index (χ4v) is 6.48. The molecule has 0 unspecified atom stereocenters. The van der Waals surface area contributed by atoms with Crippen molar-refractivity contribution in [3.05, 3.63) is 140 Å². The molecule has 0 radical (unpaired) electrons. The minimum absolute atomic E-state index is 0.942. The van der Waals surface area contributed by atoms with Gasteiger partial charge in [-0.25, -0.2) is 9.97 Å². The maximum atomic E-state index is 4.80. The van der Waals surface area contributed by atoms with E-state index in [9.17, 15) is 0 Å². The summed E-state index contributed by atoms with van der Waals surface area (Å²) in [5.41, 5.74) is 10.4. The molecule has 0 atom stereocenters. The van der Waals surface area contributed by atoms with Crippen LogP contribution in [0.3, 0.4) is 0 Å². The summed E-state index contributed by atoms with van der Waals surface area (Å²) in [5.74, 6) is 0. The smallest absolute Gasteiger partial charge is 0.143 e. The minimum Gasteiger partial charge on any atom is -0.309 e. The lowest BCUT2D eigenvalue weighted by Gasteiger charge is -2.09. The third-order valence-corrected chi connectivity index (χ3v) is 8.55. The topological polar surface area (TPSA) is 30.7 Å². The molecule has 4 heteroatoms. The second-order valence-corrected chi connectivity index (χ2v) is 10.9. The van der Waals surface area contributed by atoms with Gasteiger partial charge in [-0.15, -0.1) is 0 Å². The summed E-state index contributed by atoms with van der Waals surface area (Å²) >= 11 is 1.63. The Labute approximate surface area is 235 Å². The van der Waals surface area contributed by atoms with Gasteiger partial charge in [0.25, 0.3) is 0 Å². The lowest BCUT2D eigenvalue weighted by molar-refractivity contribution is 1.18. The maximum absolute atomic E-state index is 4.80. The van der Waals surface area contributed by atoms with Crippen molar-refractivity contribution in [1.29, 1.82) is 0 Å². The molecule has 0 aliphatic heterocycles. The van der Waals surface area contributed by atoms with Crippen LogP contribution in [0.4, 0.5) is 0 Å². The van der Waals surface area contributed by atoms with Gasteiger partial charge in [-0.05, 0) is 82.9 Å². The Hall–Kier alpha value is -5.06. The molecule has 0 amide bonds. The minimum atomic E-state index is 0.942. The molecule has 0 aliphatic carbocycles. The molecular formula is C36H23N3S. The van der Waals surface area contributed by atoms with Gasteiger partial charge in [0.1, 0.15) is 15.4 Å². The molecule has 0 N–H and O–H groups in total. The maximum Gasteiger partial charge on any atom is 0.143 e. The Morgan fingerprint density at radius 1 is 0.500 bits per heavy atom. The van der Waals surface area contributed by atoms with Gasteiger partial charge < -0.3 is 4.57 Å². The quantitative estimate of drug-likeness (QED) is 0.227. The zero-order valence-electron chi connectivity index (χ0n) is 21.5. The van der Waals surface area contributed by atoms with Crippen molar-refractivity contribution in [3.63, 3.8) is 0 Å². The van der Waals surface area contributed by atoms with E-state index in [0.717, 1.165) is 26.6 Å². The number of pyridine rings is 1. The summed E-state index contributed by atoms with van der Waals surface area (Å²) in [4.78, 5) is 10.2. The summed E-state index contributed by atoms with van der Waals surface area (Å²) in [5, 5.41) is 3.48. The zero-order chi connectivity index (χ0) is 26.5. The van der Waals surface area contributed by atoms with Crippen LogP contribution in [-0.4, -0.2) is 14.5 Å². The van der Waals surface area contributed by atoms with Crippen molar-refractivity contribution in [1.82, 2.24) is 14.5 Å². The number of hydrogen-bond acceptors (Lipinski definition) is 3. The molecule has 8 rings (SSSR count). The van der Waals surface area contributed by atoms with E-state index in [1.54, 1.807) is 11.3 Å². The fraction of sp³-hybridized carbons (Fsp3) is 0. The van der Waals surface area contributed by atoms with Crippen molar-refractivity contribution >= 4 is 43.5 Å². The van der Waals surface area contributed by atoms with Crippen LogP contribution < -0.4 is 0 Å². The Bertz CT molecular complexity index is 2010. The number of rotatable bonds is 4. The van der Waals surface area contributed by atoms with Crippen LogP contribution in [0, 0.1) is 0 Å². The van der Waals surface area contributed by atoms with E-state index in [1.165, 1.54) is 44.1 Å². The standard InChI is InChI=1S/C36H23N3S/c1-3-8-24(9-4-1)27-15-19-33-30(22-27)31-23-28(25-10-5-2-6-11-25)16-20-34(31)39(33)29-17-13-26(14-18-29)35-38-32-12-7-21-37-36(32)40-35/h1-23H. The molecule has 0 saturated carbocycles. The van der Waals surface area contributed by atoms with Gasteiger partial charge in [0.15, 0.2) is 0 Å². The van der Waals surface area contributed by atoms with Crippen molar-refractivity contribution in [3.8, 4) is 38.5 Å². The van der Waals surface area contributed by atoms with Crippen molar-refractivity contribution in [2.24, 2.45) is 0 Å². The van der Waals surface area contributed by atoms with Gasteiger partial charge >= 0.3 is 0 Å².